The second-order valence-corrected chi connectivity index (χ2v) is 6.60. The van der Waals surface area contributed by atoms with Crippen molar-refractivity contribution in [2.45, 2.75) is 44.6 Å². The van der Waals surface area contributed by atoms with Crippen LogP contribution in [0.25, 0.3) is 0 Å². The van der Waals surface area contributed by atoms with Gasteiger partial charge in [-0.3, -0.25) is 9.78 Å². The molecule has 0 spiro atoms. The van der Waals surface area contributed by atoms with Gasteiger partial charge in [0.25, 0.3) is 5.91 Å². The van der Waals surface area contributed by atoms with E-state index in [1.54, 1.807) is 12.3 Å². The lowest BCUT2D eigenvalue weighted by Gasteiger charge is -2.38. The number of nitrogens with zero attached hydrogens (tertiary/aromatic N) is 2. The van der Waals surface area contributed by atoms with Gasteiger partial charge in [0, 0.05) is 18.9 Å². The van der Waals surface area contributed by atoms with Crippen molar-refractivity contribution >= 4 is 5.91 Å². The largest absolute Gasteiger partial charge is 0.456 e. The van der Waals surface area contributed by atoms with Crippen molar-refractivity contribution in [3.63, 3.8) is 0 Å². The Morgan fingerprint density at radius 2 is 2.28 bits per heavy atom. The van der Waals surface area contributed by atoms with Crippen LogP contribution in [0.5, 0.6) is 0 Å². The normalized spacial score (nSPS) is 25.8. The summed E-state index contributed by atoms with van der Waals surface area (Å²) >= 11 is 0. The molecular formula is C19H22N2O4. The number of morpholine rings is 1. The van der Waals surface area contributed by atoms with Crippen LogP contribution in [0.2, 0.25) is 0 Å². The molecule has 3 atom stereocenters. The molecular weight excluding hydrogens is 320 g/mol. The minimum Gasteiger partial charge on any atom is -0.456 e. The van der Waals surface area contributed by atoms with Crippen LogP contribution in [0.4, 0.5) is 0 Å². The van der Waals surface area contributed by atoms with E-state index < -0.39 is 0 Å². The molecule has 0 radical (unpaired) electrons. The molecule has 0 unspecified atom stereocenters. The Bertz CT molecular complexity index is 730. The van der Waals surface area contributed by atoms with E-state index in [2.05, 4.69) is 4.98 Å². The van der Waals surface area contributed by atoms with Crippen LogP contribution in [-0.2, 0) is 16.1 Å². The van der Waals surface area contributed by atoms with Crippen LogP contribution in [0.3, 0.4) is 0 Å². The lowest BCUT2D eigenvalue weighted by Crippen LogP contribution is -2.53. The molecule has 1 amide bonds. The molecule has 2 aromatic rings. The summed E-state index contributed by atoms with van der Waals surface area (Å²) < 4.78 is 17.5. The van der Waals surface area contributed by atoms with E-state index in [1.165, 1.54) is 0 Å². The zero-order chi connectivity index (χ0) is 17.2. The Hall–Kier alpha value is -2.18. The second kappa shape index (κ2) is 6.98. The first kappa shape index (κ1) is 16.3. The molecule has 25 heavy (non-hydrogen) atoms. The summed E-state index contributed by atoms with van der Waals surface area (Å²) in [5, 5.41) is 0. The third-order valence-corrected chi connectivity index (χ3v) is 4.93. The number of furan rings is 1. The van der Waals surface area contributed by atoms with E-state index in [1.807, 2.05) is 36.2 Å². The van der Waals surface area contributed by atoms with Crippen LogP contribution in [0.15, 0.2) is 41.1 Å². The highest BCUT2D eigenvalue weighted by molar-refractivity contribution is 5.92. The second-order valence-electron chi connectivity index (χ2n) is 6.60. The monoisotopic (exact) mass is 342 g/mol. The molecule has 2 aliphatic rings. The maximum Gasteiger partial charge on any atom is 0.289 e. The van der Waals surface area contributed by atoms with Gasteiger partial charge >= 0.3 is 0 Å². The first-order chi connectivity index (χ1) is 12.2. The predicted molar refractivity (Wildman–Crippen MR) is 90.1 cm³/mol. The van der Waals surface area contributed by atoms with E-state index in [0.29, 0.717) is 25.5 Å². The van der Waals surface area contributed by atoms with Gasteiger partial charge < -0.3 is 18.8 Å². The van der Waals surface area contributed by atoms with E-state index in [-0.39, 0.29) is 24.2 Å². The fraction of sp³-hybridized carbons (Fsp3) is 0.474. The number of hydrogen-bond acceptors (Lipinski definition) is 5. The summed E-state index contributed by atoms with van der Waals surface area (Å²) in [7, 11) is 0. The average molecular weight is 342 g/mol. The maximum atomic E-state index is 12.8. The van der Waals surface area contributed by atoms with Crippen molar-refractivity contribution in [3.05, 3.63) is 53.7 Å². The zero-order valence-electron chi connectivity index (χ0n) is 14.3. The molecule has 6 nitrogen and oxygen atoms in total. The van der Waals surface area contributed by atoms with Crippen molar-refractivity contribution < 1.29 is 18.7 Å². The summed E-state index contributed by atoms with van der Waals surface area (Å²) in [5.41, 5.74) is 1.04. The van der Waals surface area contributed by atoms with Gasteiger partial charge in [-0.25, -0.2) is 0 Å². The molecule has 6 heteroatoms. The smallest absolute Gasteiger partial charge is 0.289 e. The molecule has 3 heterocycles. The van der Waals surface area contributed by atoms with Crippen LogP contribution < -0.4 is 0 Å². The molecule has 1 saturated heterocycles. The Kier molecular flexibility index (Phi) is 4.55. The molecule has 1 aliphatic heterocycles. The molecule has 2 fully saturated rings. The summed E-state index contributed by atoms with van der Waals surface area (Å²) in [6, 6.07) is 7.51. The quantitative estimate of drug-likeness (QED) is 0.854. The Labute approximate surface area is 146 Å². The summed E-state index contributed by atoms with van der Waals surface area (Å²) in [6.45, 7) is 3.47. The number of hydrogen-bond donors (Lipinski definition) is 0. The van der Waals surface area contributed by atoms with Crippen molar-refractivity contribution in [2.24, 2.45) is 0 Å². The molecule has 0 bridgehead atoms. The minimum absolute atomic E-state index is 0.000793. The summed E-state index contributed by atoms with van der Waals surface area (Å²) in [6.07, 6.45) is 5.25. The highest BCUT2D eigenvalue weighted by atomic mass is 16.5. The molecule has 1 saturated carbocycles. The van der Waals surface area contributed by atoms with Crippen LogP contribution in [0.1, 0.15) is 34.7 Å². The molecule has 0 N–H and O–H groups in total. The number of aryl methyl sites for hydroxylation is 1. The SMILES string of the molecule is Cc1ccc(C(=O)N2CCO[C@H]3[C@H](OCc4cccnc4)CC[C@@H]32)o1. The fourth-order valence-corrected chi connectivity index (χ4v) is 3.72. The lowest BCUT2D eigenvalue weighted by atomic mass is 10.1. The van der Waals surface area contributed by atoms with Gasteiger partial charge in [0.05, 0.1) is 25.4 Å². The van der Waals surface area contributed by atoms with E-state index in [4.69, 9.17) is 13.9 Å². The van der Waals surface area contributed by atoms with Gasteiger partial charge in [-0.2, -0.15) is 0 Å². The first-order valence-corrected chi connectivity index (χ1v) is 8.72. The highest BCUT2D eigenvalue weighted by Crippen LogP contribution is 2.33. The van der Waals surface area contributed by atoms with Gasteiger partial charge in [0.1, 0.15) is 11.9 Å². The number of aromatic nitrogens is 1. The van der Waals surface area contributed by atoms with Gasteiger partial charge in [-0.1, -0.05) is 6.07 Å². The molecule has 2 aromatic heterocycles. The lowest BCUT2D eigenvalue weighted by molar-refractivity contribution is -0.108. The number of carbonyl (C=O) groups is 1. The summed E-state index contributed by atoms with van der Waals surface area (Å²) in [5.74, 6) is 1.09. The number of pyridine rings is 1. The molecule has 4 rings (SSSR count). The number of ether oxygens (including phenoxy) is 2. The maximum absolute atomic E-state index is 12.8. The summed E-state index contributed by atoms with van der Waals surface area (Å²) in [4.78, 5) is 18.8. The zero-order valence-corrected chi connectivity index (χ0v) is 14.3. The van der Waals surface area contributed by atoms with Gasteiger partial charge in [0.15, 0.2) is 5.76 Å². The van der Waals surface area contributed by atoms with Crippen LogP contribution in [0, 0.1) is 6.92 Å². The number of amides is 1. The third kappa shape index (κ3) is 3.32. The van der Waals surface area contributed by atoms with E-state index in [9.17, 15) is 4.79 Å². The Morgan fingerprint density at radius 1 is 1.36 bits per heavy atom. The minimum atomic E-state index is -0.0783. The van der Waals surface area contributed by atoms with E-state index in [0.717, 1.165) is 24.2 Å². The first-order valence-electron chi connectivity index (χ1n) is 8.72. The van der Waals surface area contributed by atoms with Gasteiger partial charge in [-0.05, 0) is 43.5 Å². The Balaban J connectivity index is 1.42. The van der Waals surface area contributed by atoms with Crippen molar-refractivity contribution in [1.29, 1.82) is 0 Å². The number of rotatable bonds is 4. The molecule has 1 aliphatic carbocycles. The highest BCUT2D eigenvalue weighted by Gasteiger charge is 2.45. The van der Waals surface area contributed by atoms with E-state index >= 15 is 0 Å². The van der Waals surface area contributed by atoms with Crippen LogP contribution >= 0.6 is 0 Å². The van der Waals surface area contributed by atoms with Crippen molar-refractivity contribution in [2.75, 3.05) is 13.2 Å². The van der Waals surface area contributed by atoms with Crippen molar-refractivity contribution in [3.8, 4) is 0 Å². The molecule has 132 valence electrons. The standard InChI is InChI=1S/C19H22N2O4/c1-13-4-6-17(25-13)19(22)21-9-10-23-18-15(21)5-7-16(18)24-12-14-3-2-8-20-11-14/h2-4,6,8,11,15-16,18H,5,7,9-10,12H2,1H3/t15-,16+,18+/m0/s1. The predicted octanol–water partition coefficient (Wildman–Crippen LogP) is 2.57. The molecule has 0 aromatic carbocycles. The van der Waals surface area contributed by atoms with Gasteiger partial charge in [-0.15, -0.1) is 0 Å². The Morgan fingerprint density at radius 3 is 3.04 bits per heavy atom. The number of carbonyl (C=O) groups excluding carboxylic acids is 1. The topological polar surface area (TPSA) is 64.8 Å². The van der Waals surface area contributed by atoms with Gasteiger partial charge in [0.2, 0.25) is 0 Å². The van der Waals surface area contributed by atoms with Crippen LogP contribution in [-0.4, -0.2) is 47.2 Å². The fourth-order valence-electron chi connectivity index (χ4n) is 3.72. The number of fused-ring (bicyclic) bond motifs is 1. The third-order valence-electron chi connectivity index (χ3n) is 4.93. The van der Waals surface area contributed by atoms with Crippen molar-refractivity contribution in [1.82, 2.24) is 9.88 Å². The average Bonchev–Trinajstić information content (AvgIpc) is 3.26.